The molecule has 20 heavy (non-hydrogen) atoms. The van der Waals surface area contributed by atoms with Gasteiger partial charge in [0.2, 0.25) is 5.91 Å². The van der Waals surface area contributed by atoms with Gasteiger partial charge in [-0.25, -0.2) is 0 Å². The standard InChI is InChI=1S/C14H25N5O/c1-13-11-17(2)9-10-18(13)12-14(20)15-5-3-7-19-8-4-6-16-19/h4,6,8,13H,3,5,7,9-12H2,1-2H3,(H,15,20)/t13-/m0/s1. The van der Waals surface area contributed by atoms with Gasteiger partial charge < -0.3 is 10.2 Å². The molecule has 1 N–H and O–H groups in total. The van der Waals surface area contributed by atoms with Crippen LogP contribution in [0.1, 0.15) is 13.3 Å². The molecular weight excluding hydrogens is 254 g/mol. The number of hydrogen-bond acceptors (Lipinski definition) is 4. The van der Waals surface area contributed by atoms with Crippen molar-refractivity contribution in [2.24, 2.45) is 0 Å². The van der Waals surface area contributed by atoms with E-state index in [4.69, 9.17) is 0 Å². The third-order valence-corrected chi connectivity index (χ3v) is 3.76. The number of carbonyl (C=O) groups is 1. The zero-order valence-electron chi connectivity index (χ0n) is 12.5. The van der Waals surface area contributed by atoms with Gasteiger partial charge in [0.25, 0.3) is 0 Å². The van der Waals surface area contributed by atoms with Gasteiger partial charge in [0.1, 0.15) is 0 Å². The molecule has 6 heteroatoms. The Labute approximate surface area is 120 Å². The van der Waals surface area contributed by atoms with E-state index in [1.54, 1.807) is 6.20 Å². The van der Waals surface area contributed by atoms with Crippen LogP contribution >= 0.6 is 0 Å². The number of amides is 1. The SMILES string of the molecule is C[C@H]1CN(C)CCN1CC(=O)NCCCn1cccn1. The number of nitrogens with zero attached hydrogens (tertiary/aromatic N) is 4. The highest BCUT2D eigenvalue weighted by atomic mass is 16.2. The number of piperazine rings is 1. The molecule has 1 aliphatic rings. The van der Waals surface area contributed by atoms with Crippen LogP contribution in [0, 0.1) is 0 Å². The van der Waals surface area contributed by atoms with Crippen LogP contribution in [0.2, 0.25) is 0 Å². The minimum absolute atomic E-state index is 0.127. The van der Waals surface area contributed by atoms with Crippen LogP contribution in [-0.2, 0) is 11.3 Å². The Morgan fingerprint density at radius 1 is 1.45 bits per heavy atom. The van der Waals surface area contributed by atoms with Gasteiger partial charge >= 0.3 is 0 Å². The van der Waals surface area contributed by atoms with E-state index in [-0.39, 0.29) is 5.91 Å². The molecule has 0 saturated carbocycles. The normalized spacial score (nSPS) is 21.0. The minimum Gasteiger partial charge on any atom is -0.355 e. The Morgan fingerprint density at radius 2 is 2.30 bits per heavy atom. The smallest absolute Gasteiger partial charge is 0.234 e. The Hall–Kier alpha value is -1.40. The molecule has 0 spiro atoms. The van der Waals surface area contributed by atoms with Crippen molar-refractivity contribution in [2.75, 3.05) is 39.8 Å². The number of aryl methyl sites for hydroxylation is 1. The lowest BCUT2D eigenvalue weighted by Crippen LogP contribution is -2.53. The number of hydrogen-bond donors (Lipinski definition) is 1. The molecule has 2 heterocycles. The topological polar surface area (TPSA) is 53.4 Å². The van der Waals surface area contributed by atoms with Gasteiger partial charge in [-0.05, 0) is 26.5 Å². The molecule has 0 bridgehead atoms. The van der Waals surface area contributed by atoms with Crippen LogP contribution in [0.4, 0.5) is 0 Å². The summed E-state index contributed by atoms with van der Waals surface area (Å²) in [4.78, 5) is 16.5. The highest BCUT2D eigenvalue weighted by Crippen LogP contribution is 2.06. The van der Waals surface area contributed by atoms with E-state index in [1.165, 1.54) is 0 Å². The van der Waals surface area contributed by atoms with Gasteiger partial charge in [0.15, 0.2) is 0 Å². The molecule has 1 saturated heterocycles. The summed E-state index contributed by atoms with van der Waals surface area (Å²) < 4.78 is 1.88. The van der Waals surface area contributed by atoms with Crippen molar-refractivity contribution in [3.05, 3.63) is 18.5 Å². The van der Waals surface area contributed by atoms with Gasteiger partial charge in [-0.15, -0.1) is 0 Å². The van der Waals surface area contributed by atoms with Crippen LogP contribution in [0.25, 0.3) is 0 Å². The molecular formula is C14H25N5O. The summed E-state index contributed by atoms with van der Waals surface area (Å²) in [6.07, 6.45) is 4.62. The maximum absolute atomic E-state index is 11.9. The highest BCUT2D eigenvalue weighted by Gasteiger charge is 2.22. The lowest BCUT2D eigenvalue weighted by atomic mass is 10.2. The molecule has 0 radical (unpaired) electrons. The molecule has 112 valence electrons. The molecule has 2 rings (SSSR count). The van der Waals surface area contributed by atoms with Crippen LogP contribution in [0.3, 0.4) is 0 Å². The third kappa shape index (κ3) is 4.61. The first-order chi connectivity index (χ1) is 9.65. The number of aromatic nitrogens is 2. The van der Waals surface area contributed by atoms with Gasteiger partial charge in [0, 0.05) is 51.2 Å². The summed E-state index contributed by atoms with van der Waals surface area (Å²) in [5.41, 5.74) is 0. The minimum atomic E-state index is 0.127. The van der Waals surface area contributed by atoms with E-state index < -0.39 is 0 Å². The Balaban J connectivity index is 1.60. The number of rotatable bonds is 6. The molecule has 1 fully saturated rings. The molecule has 1 aromatic heterocycles. The summed E-state index contributed by atoms with van der Waals surface area (Å²) in [6, 6.07) is 2.36. The number of likely N-dealkylation sites (N-methyl/N-ethyl adjacent to an activating group) is 1. The van der Waals surface area contributed by atoms with Gasteiger partial charge in [0.05, 0.1) is 6.54 Å². The molecule has 0 unspecified atom stereocenters. The lowest BCUT2D eigenvalue weighted by Gasteiger charge is -2.37. The van der Waals surface area contributed by atoms with Crippen LogP contribution in [-0.4, -0.2) is 71.3 Å². The molecule has 1 atom stereocenters. The van der Waals surface area contributed by atoms with Crippen molar-refractivity contribution in [1.29, 1.82) is 0 Å². The van der Waals surface area contributed by atoms with Crippen LogP contribution in [0.5, 0.6) is 0 Å². The fourth-order valence-electron chi connectivity index (χ4n) is 2.55. The van der Waals surface area contributed by atoms with Crippen molar-refractivity contribution >= 4 is 5.91 Å². The zero-order chi connectivity index (χ0) is 14.4. The van der Waals surface area contributed by atoms with E-state index in [1.807, 2.05) is 16.9 Å². The monoisotopic (exact) mass is 279 g/mol. The maximum Gasteiger partial charge on any atom is 0.234 e. The average Bonchev–Trinajstić information content (AvgIpc) is 2.91. The fourth-order valence-corrected chi connectivity index (χ4v) is 2.55. The second-order valence-corrected chi connectivity index (χ2v) is 5.55. The summed E-state index contributed by atoms with van der Waals surface area (Å²) in [6.45, 7) is 7.29. The summed E-state index contributed by atoms with van der Waals surface area (Å²) >= 11 is 0. The first-order valence-electron chi connectivity index (χ1n) is 7.32. The zero-order valence-corrected chi connectivity index (χ0v) is 12.5. The maximum atomic E-state index is 11.9. The molecule has 1 aliphatic heterocycles. The van der Waals surface area contributed by atoms with Gasteiger partial charge in [-0.1, -0.05) is 0 Å². The molecule has 6 nitrogen and oxygen atoms in total. The summed E-state index contributed by atoms with van der Waals surface area (Å²) in [5.74, 6) is 0.127. The fraction of sp³-hybridized carbons (Fsp3) is 0.714. The van der Waals surface area contributed by atoms with Crippen molar-refractivity contribution < 1.29 is 4.79 Å². The first-order valence-corrected chi connectivity index (χ1v) is 7.32. The largest absolute Gasteiger partial charge is 0.355 e. The van der Waals surface area contributed by atoms with Crippen molar-refractivity contribution in [3.8, 4) is 0 Å². The number of carbonyl (C=O) groups excluding carboxylic acids is 1. The summed E-state index contributed by atoms with van der Waals surface area (Å²) in [7, 11) is 2.13. The van der Waals surface area contributed by atoms with Crippen LogP contribution in [0.15, 0.2) is 18.5 Å². The highest BCUT2D eigenvalue weighted by molar-refractivity contribution is 5.78. The molecule has 0 aromatic carbocycles. The Bertz CT molecular complexity index is 406. The van der Waals surface area contributed by atoms with Crippen molar-refractivity contribution in [1.82, 2.24) is 24.9 Å². The second-order valence-electron chi connectivity index (χ2n) is 5.55. The van der Waals surface area contributed by atoms with E-state index in [0.717, 1.165) is 32.6 Å². The summed E-state index contributed by atoms with van der Waals surface area (Å²) in [5, 5.41) is 7.12. The van der Waals surface area contributed by atoms with Gasteiger partial charge in [-0.2, -0.15) is 5.10 Å². The van der Waals surface area contributed by atoms with Crippen molar-refractivity contribution in [2.45, 2.75) is 25.9 Å². The van der Waals surface area contributed by atoms with Crippen molar-refractivity contribution in [3.63, 3.8) is 0 Å². The van der Waals surface area contributed by atoms with E-state index in [0.29, 0.717) is 19.1 Å². The van der Waals surface area contributed by atoms with E-state index >= 15 is 0 Å². The average molecular weight is 279 g/mol. The van der Waals surface area contributed by atoms with E-state index in [2.05, 4.69) is 34.2 Å². The van der Waals surface area contributed by atoms with E-state index in [9.17, 15) is 4.79 Å². The second kappa shape index (κ2) is 7.40. The quantitative estimate of drug-likeness (QED) is 0.746. The third-order valence-electron chi connectivity index (χ3n) is 3.76. The Kier molecular flexibility index (Phi) is 5.55. The van der Waals surface area contributed by atoms with Gasteiger partial charge in [-0.3, -0.25) is 14.4 Å². The predicted octanol–water partition coefficient (Wildman–Crippen LogP) is 0.0253. The Morgan fingerprint density at radius 3 is 3.00 bits per heavy atom. The predicted molar refractivity (Wildman–Crippen MR) is 78.4 cm³/mol. The molecule has 1 aromatic rings. The lowest BCUT2D eigenvalue weighted by molar-refractivity contribution is -0.123. The van der Waals surface area contributed by atoms with Crippen LogP contribution < -0.4 is 5.32 Å². The molecule has 1 amide bonds. The molecule has 0 aliphatic carbocycles. The first kappa shape index (κ1) is 15.0. The number of nitrogens with one attached hydrogen (secondary N) is 1.